The molecule has 0 unspecified atom stereocenters. The maximum atomic E-state index is 10.7. The van der Waals surface area contributed by atoms with E-state index in [0.717, 1.165) is 0 Å². The van der Waals surface area contributed by atoms with Gasteiger partial charge in [0, 0.05) is 13.1 Å². The lowest BCUT2D eigenvalue weighted by Gasteiger charge is -2.18. The highest BCUT2D eigenvalue weighted by atomic mass is 16.7. The minimum atomic E-state index is -0.664. The van der Waals surface area contributed by atoms with E-state index in [1.165, 1.54) is 0 Å². The lowest BCUT2D eigenvalue weighted by atomic mass is 10.2. The van der Waals surface area contributed by atoms with Gasteiger partial charge in [-0.05, 0) is 27.7 Å². The summed E-state index contributed by atoms with van der Waals surface area (Å²) in [4.78, 5) is 21.0. The van der Waals surface area contributed by atoms with Crippen LogP contribution in [0.3, 0.4) is 0 Å². The van der Waals surface area contributed by atoms with Crippen molar-refractivity contribution in [1.29, 1.82) is 0 Å². The molecule has 0 bridgehead atoms. The normalized spacial score (nSPS) is 9.90. The molecular weight excluding hydrogens is 268 g/mol. The van der Waals surface area contributed by atoms with Crippen LogP contribution < -0.4 is 11.5 Å². The molecule has 0 spiro atoms. The summed E-state index contributed by atoms with van der Waals surface area (Å²) >= 11 is 0. The van der Waals surface area contributed by atoms with E-state index in [4.69, 9.17) is 16.2 Å². The molecule has 4 N–H and O–H groups in total. The summed E-state index contributed by atoms with van der Waals surface area (Å²) in [6.07, 6.45) is -1.31. The number of hydrogen-bond donors (Lipinski definition) is 2. The fraction of sp³-hybridized carbons (Fsp3) is 0.833. The third kappa shape index (κ3) is 18.8. The topological polar surface area (TPSA) is 123 Å². The summed E-state index contributed by atoms with van der Waals surface area (Å²) in [7, 11) is 0. The lowest BCUT2D eigenvalue weighted by Crippen LogP contribution is -2.25. The van der Waals surface area contributed by atoms with Gasteiger partial charge in [0.1, 0.15) is 18.8 Å². The molecule has 0 heterocycles. The van der Waals surface area contributed by atoms with Crippen LogP contribution in [-0.4, -0.2) is 50.8 Å². The van der Waals surface area contributed by atoms with Crippen molar-refractivity contribution in [2.75, 3.05) is 32.9 Å². The maximum Gasteiger partial charge on any atom is 0.508 e. The third-order valence-electron chi connectivity index (χ3n) is 1.33. The first-order chi connectivity index (χ1) is 9.26. The molecular formula is C12H26N2O6. The predicted molar refractivity (Wildman–Crippen MR) is 73.3 cm³/mol. The van der Waals surface area contributed by atoms with E-state index in [1.807, 2.05) is 0 Å². The Hall–Kier alpha value is -1.54. The van der Waals surface area contributed by atoms with Gasteiger partial charge in [-0.2, -0.15) is 0 Å². The minimum Gasteiger partial charge on any atom is -0.435 e. The highest BCUT2D eigenvalue weighted by Crippen LogP contribution is 2.07. The van der Waals surface area contributed by atoms with Gasteiger partial charge in [-0.3, -0.25) is 0 Å². The molecule has 0 aromatic rings. The number of ether oxygens (including phenoxy) is 4. The molecule has 8 nitrogen and oxygen atoms in total. The van der Waals surface area contributed by atoms with Crippen molar-refractivity contribution in [3.05, 3.63) is 0 Å². The monoisotopic (exact) mass is 294 g/mol. The van der Waals surface area contributed by atoms with Gasteiger partial charge in [0.2, 0.25) is 0 Å². The van der Waals surface area contributed by atoms with Gasteiger partial charge < -0.3 is 30.4 Å². The number of hydrogen-bond acceptors (Lipinski definition) is 8. The summed E-state index contributed by atoms with van der Waals surface area (Å²) in [5.74, 6) is 0. The first kappa shape index (κ1) is 20.8. The Morgan fingerprint density at radius 1 is 0.900 bits per heavy atom. The van der Waals surface area contributed by atoms with Gasteiger partial charge in [0.25, 0.3) is 0 Å². The molecule has 0 aliphatic carbocycles. The van der Waals surface area contributed by atoms with Crippen LogP contribution in [0.4, 0.5) is 9.59 Å². The molecule has 0 amide bonds. The highest BCUT2D eigenvalue weighted by molar-refractivity contribution is 5.60. The number of carbonyl (C=O) groups is 2. The zero-order valence-corrected chi connectivity index (χ0v) is 12.6. The molecule has 8 heteroatoms. The van der Waals surface area contributed by atoms with E-state index in [2.05, 4.69) is 14.2 Å². The van der Waals surface area contributed by atoms with Crippen molar-refractivity contribution in [2.45, 2.75) is 33.3 Å². The lowest BCUT2D eigenvalue weighted by molar-refractivity contribution is -0.00585. The number of carbonyl (C=O) groups excluding carboxylic acids is 2. The van der Waals surface area contributed by atoms with Crippen LogP contribution in [0, 0.1) is 0 Å². The van der Waals surface area contributed by atoms with Gasteiger partial charge in [0.05, 0.1) is 6.61 Å². The zero-order chi connectivity index (χ0) is 16.0. The number of nitrogens with two attached hydrogens (primary N) is 2. The maximum absolute atomic E-state index is 10.7. The molecule has 0 rings (SSSR count). The van der Waals surface area contributed by atoms with Gasteiger partial charge in [-0.15, -0.1) is 0 Å². The zero-order valence-electron chi connectivity index (χ0n) is 12.6. The van der Waals surface area contributed by atoms with Gasteiger partial charge in [-0.25, -0.2) is 9.59 Å². The first-order valence-electron chi connectivity index (χ1n) is 6.32. The van der Waals surface area contributed by atoms with E-state index < -0.39 is 17.9 Å². The molecule has 0 aromatic heterocycles. The fourth-order valence-corrected chi connectivity index (χ4v) is 0.723. The molecule has 0 saturated heterocycles. The van der Waals surface area contributed by atoms with Crippen LogP contribution in [-0.2, 0) is 18.9 Å². The second kappa shape index (κ2) is 12.5. The molecule has 20 heavy (non-hydrogen) atoms. The van der Waals surface area contributed by atoms with E-state index >= 15 is 0 Å². The molecule has 0 atom stereocenters. The minimum absolute atomic E-state index is 0.203. The number of rotatable bonds is 5. The second-order valence-electron chi connectivity index (χ2n) is 4.42. The van der Waals surface area contributed by atoms with E-state index in [1.54, 1.807) is 27.7 Å². The largest absolute Gasteiger partial charge is 0.508 e. The summed E-state index contributed by atoms with van der Waals surface area (Å²) in [5.41, 5.74) is 9.65. The standard InChI is InChI=1S/C7H15NO3.C5H11NO3/c1-7(2,3)11-6(9)10-5-4-8;1-2-8-5(7)9-4-3-6/h4-5,8H2,1-3H3;2-4,6H2,1H3. The third-order valence-corrected chi connectivity index (χ3v) is 1.33. The fourth-order valence-electron chi connectivity index (χ4n) is 0.723. The van der Waals surface area contributed by atoms with Gasteiger partial charge >= 0.3 is 12.3 Å². The average Bonchev–Trinajstić information content (AvgIpc) is 2.33. The molecule has 0 radical (unpaired) electrons. The van der Waals surface area contributed by atoms with Crippen LogP contribution in [0.25, 0.3) is 0 Å². The van der Waals surface area contributed by atoms with Crippen LogP contribution in [0.5, 0.6) is 0 Å². The molecule has 0 aromatic carbocycles. The van der Waals surface area contributed by atoms with E-state index in [9.17, 15) is 9.59 Å². The summed E-state index contributed by atoms with van der Waals surface area (Å²) in [5, 5.41) is 0. The predicted octanol–water partition coefficient (Wildman–Crippen LogP) is 1.02. The smallest absolute Gasteiger partial charge is 0.435 e. The Balaban J connectivity index is 0. The summed E-state index contributed by atoms with van der Waals surface area (Å²) in [6.45, 7) is 8.45. The summed E-state index contributed by atoms with van der Waals surface area (Å²) in [6, 6.07) is 0. The Morgan fingerprint density at radius 3 is 1.70 bits per heavy atom. The van der Waals surface area contributed by atoms with Crippen molar-refractivity contribution in [2.24, 2.45) is 11.5 Å². The SMILES string of the molecule is CC(C)(C)OC(=O)OCCN.CCOC(=O)OCCN. The van der Waals surface area contributed by atoms with E-state index in [0.29, 0.717) is 19.7 Å². The average molecular weight is 294 g/mol. The Kier molecular flexibility index (Phi) is 13.0. The van der Waals surface area contributed by atoms with Crippen molar-refractivity contribution < 1.29 is 28.5 Å². The van der Waals surface area contributed by atoms with Gasteiger partial charge in [0.15, 0.2) is 0 Å². The van der Waals surface area contributed by atoms with Crippen molar-refractivity contribution in [3.8, 4) is 0 Å². The second-order valence-corrected chi connectivity index (χ2v) is 4.42. The van der Waals surface area contributed by atoms with E-state index in [-0.39, 0.29) is 13.2 Å². The van der Waals surface area contributed by atoms with Gasteiger partial charge in [-0.1, -0.05) is 0 Å². The van der Waals surface area contributed by atoms with Crippen LogP contribution in [0.1, 0.15) is 27.7 Å². The Labute approximate surface area is 119 Å². The molecule has 0 saturated carbocycles. The Morgan fingerprint density at radius 2 is 1.35 bits per heavy atom. The molecule has 120 valence electrons. The quantitative estimate of drug-likeness (QED) is 0.720. The van der Waals surface area contributed by atoms with Crippen LogP contribution in [0.15, 0.2) is 0 Å². The van der Waals surface area contributed by atoms with Crippen LogP contribution in [0.2, 0.25) is 0 Å². The van der Waals surface area contributed by atoms with Crippen molar-refractivity contribution >= 4 is 12.3 Å². The van der Waals surface area contributed by atoms with Crippen LogP contribution >= 0.6 is 0 Å². The Bertz CT molecular complexity index is 265. The summed E-state index contributed by atoms with van der Waals surface area (Å²) < 4.78 is 18.3. The first-order valence-corrected chi connectivity index (χ1v) is 6.32. The molecule has 0 aliphatic rings. The highest BCUT2D eigenvalue weighted by Gasteiger charge is 2.16. The molecule has 0 fully saturated rings. The molecule has 0 aliphatic heterocycles. The van der Waals surface area contributed by atoms with Crippen molar-refractivity contribution in [1.82, 2.24) is 0 Å². The van der Waals surface area contributed by atoms with Crippen molar-refractivity contribution in [3.63, 3.8) is 0 Å².